The smallest absolute Gasteiger partial charge is 0.335 e. The lowest BCUT2D eigenvalue weighted by Gasteiger charge is -2.12. The number of carboxylic acids is 2. The van der Waals surface area contributed by atoms with E-state index in [2.05, 4.69) is 26.7 Å². The van der Waals surface area contributed by atoms with Gasteiger partial charge in [-0.2, -0.15) is 0 Å². The summed E-state index contributed by atoms with van der Waals surface area (Å²) in [6.07, 6.45) is 0. The largest absolute Gasteiger partial charge is 0.744 e. The molecule has 2 N–H and O–H groups in total. The van der Waals surface area contributed by atoms with Gasteiger partial charge in [-0.3, -0.25) is 0 Å². The summed E-state index contributed by atoms with van der Waals surface area (Å²) in [6.45, 7) is 9.19. The molecule has 25 heavy (non-hydrogen) atoms. The normalized spacial score (nSPS) is 11.6. The maximum absolute atomic E-state index is 11.2. The van der Waals surface area contributed by atoms with Crippen LogP contribution in [0.1, 0.15) is 20.7 Å². The first-order valence-electron chi connectivity index (χ1n) is 6.99. The zero-order valence-electron chi connectivity index (χ0n) is 14.2. The summed E-state index contributed by atoms with van der Waals surface area (Å²) in [4.78, 5) is 21.0. The van der Waals surface area contributed by atoms with Gasteiger partial charge in [0.2, 0.25) is 0 Å². The van der Waals surface area contributed by atoms with Crippen molar-refractivity contribution in [3.63, 3.8) is 0 Å². The van der Waals surface area contributed by atoms with Crippen molar-refractivity contribution in [1.29, 1.82) is 0 Å². The molecule has 2 aromatic carbocycles. The van der Waals surface area contributed by atoms with Crippen molar-refractivity contribution in [1.82, 2.24) is 0 Å². The second kappa shape index (κ2) is 7.47. The van der Waals surface area contributed by atoms with Crippen molar-refractivity contribution < 1.29 is 32.8 Å². The van der Waals surface area contributed by atoms with Crippen molar-refractivity contribution in [3.05, 3.63) is 41.5 Å². The van der Waals surface area contributed by atoms with Crippen molar-refractivity contribution in [2.45, 2.75) is 4.90 Å². The SMILES string of the molecule is C[P+](C)(C)C.O=C(O)c1cc(S(=O)(=O)[O-])c2cc(C(=O)O)ccc2c1. The van der Waals surface area contributed by atoms with Crippen molar-refractivity contribution in [2.24, 2.45) is 0 Å². The molecule has 2 rings (SSSR count). The molecule has 0 aliphatic carbocycles. The van der Waals surface area contributed by atoms with Crippen molar-refractivity contribution in [3.8, 4) is 0 Å². The second-order valence-electron chi connectivity index (χ2n) is 6.66. The summed E-state index contributed by atoms with van der Waals surface area (Å²) < 4.78 is 33.6. The Labute approximate surface area is 146 Å². The second-order valence-corrected chi connectivity index (χ2v) is 13.4. The van der Waals surface area contributed by atoms with Gasteiger partial charge in [0.1, 0.15) is 10.1 Å². The third-order valence-corrected chi connectivity index (χ3v) is 3.56. The van der Waals surface area contributed by atoms with E-state index in [0.717, 1.165) is 18.2 Å². The van der Waals surface area contributed by atoms with E-state index in [9.17, 15) is 22.6 Å². The highest BCUT2D eigenvalue weighted by Crippen LogP contribution is 2.40. The molecule has 0 aliphatic rings. The van der Waals surface area contributed by atoms with Gasteiger partial charge in [0.25, 0.3) is 0 Å². The van der Waals surface area contributed by atoms with Gasteiger partial charge in [-0.1, -0.05) is 6.07 Å². The number of rotatable bonds is 3. The van der Waals surface area contributed by atoms with Crippen molar-refractivity contribution in [2.75, 3.05) is 26.7 Å². The highest BCUT2D eigenvalue weighted by atomic mass is 32.2. The summed E-state index contributed by atoms with van der Waals surface area (Å²) in [5.41, 5.74) is -0.569. The molecule has 0 saturated carbocycles. The molecular formula is C16H19O7PS. The fraction of sp³-hybridized carbons (Fsp3) is 0.250. The molecule has 0 heterocycles. The Kier molecular flexibility index (Phi) is 6.28. The van der Waals surface area contributed by atoms with Crippen LogP contribution in [0, 0.1) is 0 Å². The van der Waals surface area contributed by atoms with Gasteiger partial charge in [0.05, 0.1) is 16.0 Å². The molecule has 2 aromatic rings. The van der Waals surface area contributed by atoms with Crippen LogP contribution in [0.5, 0.6) is 0 Å². The Morgan fingerprint density at radius 3 is 1.80 bits per heavy atom. The molecule has 7 nitrogen and oxygen atoms in total. The van der Waals surface area contributed by atoms with E-state index in [-0.39, 0.29) is 29.2 Å². The quantitative estimate of drug-likeness (QED) is 0.612. The molecule has 0 fully saturated rings. The van der Waals surface area contributed by atoms with E-state index in [1.807, 2.05) is 0 Å². The van der Waals surface area contributed by atoms with Gasteiger partial charge in [-0.15, -0.1) is 0 Å². The molecule has 0 bridgehead atoms. The van der Waals surface area contributed by atoms with Crippen molar-refractivity contribution >= 4 is 40.1 Å². The lowest BCUT2D eigenvalue weighted by Crippen LogP contribution is -2.05. The number of aromatic carboxylic acids is 2. The van der Waals surface area contributed by atoms with Gasteiger partial charge < -0.3 is 14.8 Å². The van der Waals surface area contributed by atoms with E-state index < -0.39 is 27.0 Å². The van der Waals surface area contributed by atoms with Crippen LogP contribution in [-0.2, 0) is 10.1 Å². The van der Waals surface area contributed by atoms with Crippen LogP contribution in [-0.4, -0.2) is 61.8 Å². The lowest BCUT2D eigenvalue weighted by atomic mass is 10.0. The average molecular weight is 386 g/mol. The van der Waals surface area contributed by atoms with E-state index in [4.69, 9.17) is 10.2 Å². The summed E-state index contributed by atoms with van der Waals surface area (Å²) in [6, 6.07) is 5.35. The fourth-order valence-electron chi connectivity index (χ4n) is 1.79. The first-order chi connectivity index (χ1) is 11.2. The minimum atomic E-state index is -4.93. The topological polar surface area (TPSA) is 132 Å². The van der Waals surface area contributed by atoms with Gasteiger partial charge in [0, 0.05) is 39.3 Å². The molecule has 0 saturated heterocycles. The minimum Gasteiger partial charge on any atom is -0.744 e. The van der Waals surface area contributed by atoms with Crippen LogP contribution in [0.2, 0.25) is 0 Å². The van der Waals surface area contributed by atoms with Gasteiger partial charge in [-0.05, 0) is 29.7 Å². The molecule has 136 valence electrons. The van der Waals surface area contributed by atoms with Crippen LogP contribution < -0.4 is 0 Å². The summed E-state index contributed by atoms with van der Waals surface area (Å²) in [7, 11) is -5.32. The average Bonchev–Trinajstić information content (AvgIpc) is 2.42. The standard InChI is InChI=1S/C12H8O7S.C4H12P/c13-11(14)7-2-1-6-3-8(12(15)16)5-10(9(6)4-7)20(17,18)19;1-5(2,3)4/h1-5H,(H,13,14)(H,15,16)(H,17,18,19);1-4H3/q;+1/p-1. The van der Waals surface area contributed by atoms with Crippen LogP contribution in [0.3, 0.4) is 0 Å². The Morgan fingerprint density at radius 2 is 1.40 bits per heavy atom. The summed E-state index contributed by atoms with van der Waals surface area (Å²) >= 11 is 0. The number of fused-ring (bicyclic) bond motifs is 1. The highest BCUT2D eigenvalue weighted by molar-refractivity contribution is 7.86. The number of benzene rings is 2. The van der Waals surface area contributed by atoms with E-state index >= 15 is 0 Å². The zero-order chi connectivity index (χ0) is 19.6. The Hall–Kier alpha value is -2.02. The first-order valence-corrected chi connectivity index (χ1v) is 12.0. The molecule has 9 heteroatoms. The Bertz CT molecular complexity index is 921. The van der Waals surface area contributed by atoms with Crippen LogP contribution in [0.15, 0.2) is 35.2 Å². The Morgan fingerprint density at radius 1 is 0.920 bits per heavy atom. The third-order valence-electron chi connectivity index (χ3n) is 2.68. The van der Waals surface area contributed by atoms with Gasteiger partial charge in [0.15, 0.2) is 0 Å². The Balaban J connectivity index is 0.000000550. The number of carboxylic acid groups (broad SMARTS) is 2. The molecule has 0 unspecified atom stereocenters. The predicted octanol–water partition coefficient (Wildman–Crippen LogP) is 2.66. The molecule has 0 aromatic heterocycles. The fourth-order valence-corrected chi connectivity index (χ4v) is 2.50. The van der Waals surface area contributed by atoms with E-state index in [1.54, 1.807) is 0 Å². The first kappa shape index (κ1) is 21.0. The van der Waals surface area contributed by atoms with E-state index in [0.29, 0.717) is 0 Å². The molecule has 0 atom stereocenters. The summed E-state index contributed by atoms with van der Waals surface area (Å²) in [5.74, 6) is -2.68. The number of carbonyl (C=O) groups is 2. The van der Waals surface area contributed by atoms with Gasteiger partial charge in [-0.25, -0.2) is 18.0 Å². The predicted molar refractivity (Wildman–Crippen MR) is 96.4 cm³/mol. The lowest BCUT2D eigenvalue weighted by molar-refractivity contribution is 0.0685. The zero-order valence-corrected chi connectivity index (χ0v) is 15.9. The minimum absolute atomic E-state index is 0.120. The molecule has 0 amide bonds. The summed E-state index contributed by atoms with van der Waals surface area (Å²) in [5, 5.41) is 17.8. The maximum Gasteiger partial charge on any atom is 0.335 e. The van der Waals surface area contributed by atoms with E-state index in [1.165, 1.54) is 12.1 Å². The molecule has 0 aliphatic heterocycles. The monoisotopic (exact) mass is 386 g/mol. The van der Waals surface area contributed by atoms with Crippen LogP contribution in [0.4, 0.5) is 0 Å². The highest BCUT2D eigenvalue weighted by Gasteiger charge is 2.15. The number of hydrogen-bond acceptors (Lipinski definition) is 5. The third kappa shape index (κ3) is 6.42. The number of hydrogen-bond donors (Lipinski definition) is 2. The van der Waals surface area contributed by atoms with Crippen LogP contribution in [0.25, 0.3) is 10.8 Å². The molecule has 0 radical (unpaired) electrons. The molecular weight excluding hydrogens is 367 g/mol. The van der Waals surface area contributed by atoms with Gasteiger partial charge >= 0.3 is 11.9 Å². The molecule has 0 spiro atoms. The maximum atomic E-state index is 11.2. The van der Waals surface area contributed by atoms with Crippen LogP contribution >= 0.6 is 7.26 Å².